The molecule has 0 unspecified atom stereocenters. The van der Waals surface area contributed by atoms with Gasteiger partial charge in [0.05, 0.1) is 5.75 Å². The number of nitrogens with two attached hydrogens (primary N) is 1. The van der Waals surface area contributed by atoms with Gasteiger partial charge < -0.3 is 11.1 Å². The van der Waals surface area contributed by atoms with Crippen molar-refractivity contribution in [2.24, 2.45) is 5.73 Å². The molecule has 0 atom stereocenters. The molecule has 0 aromatic heterocycles. The van der Waals surface area contributed by atoms with Gasteiger partial charge in [0.2, 0.25) is 0 Å². The zero-order valence-corrected chi connectivity index (χ0v) is 12.2. The average molecular weight is 300 g/mol. The van der Waals surface area contributed by atoms with Crippen LogP contribution in [0.4, 0.5) is 0 Å². The lowest BCUT2D eigenvalue weighted by molar-refractivity contribution is 0.0956. The average Bonchev–Trinajstić information content (AvgIpc) is 2.38. The zero-order chi connectivity index (χ0) is 14.5. The Kier molecular flexibility index (Phi) is 5.44. The van der Waals surface area contributed by atoms with Crippen molar-refractivity contribution in [1.82, 2.24) is 5.32 Å². The number of benzene rings is 1. The van der Waals surface area contributed by atoms with Gasteiger partial charge in [0.25, 0.3) is 5.91 Å². The van der Waals surface area contributed by atoms with Crippen molar-refractivity contribution in [2.45, 2.75) is 6.92 Å². The summed E-state index contributed by atoms with van der Waals surface area (Å²) in [5.74, 6) is -0.299. The summed E-state index contributed by atoms with van der Waals surface area (Å²) in [4.78, 5) is 12.0. The summed E-state index contributed by atoms with van der Waals surface area (Å²) in [6.07, 6.45) is 0. The van der Waals surface area contributed by atoms with E-state index in [9.17, 15) is 13.2 Å². The second-order valence-electron chi connectivity index (χ2n) is 3.93. The maximum atomic E-state index is 11.7. The lowest BCUT2D eigenvalue weighted by Crippen LogP contribution is -2.29. The summed E-state index contributed by atoms with van der Waals surface area (Å²) in [5, 5.41) is 2.56. The van der Waals surface area contributed by atoms with Gasteiger partial charge in [-0.1, -0.05) is 31.3 Å². The molecule has 0 bridgehead atoms. The lowest BCUT2D eigenvalue weighted by atomic mass is 10.1. The molecule has 1 aromatic carbocycles. The fourth-order valence-electron chi connectivity index (χ4n) is 1.35. The number of carbonyl (C=O) groups excluding carboxylic acids is 1. The van der Waals surface area contributed by atoms with E-state index in [1.165, 1.54) is 0 Å². The highest BCUT2D eigenvalue weighted by Crippen LogP contribution is 2.04. The van der Waals surface area contributed by atoms with Gasteiger partial charge >= 0.3 is 0 Å². The van der Waals surface area contributed by atoms with Crippen LogP contribution in [0, 0.1) is 0 Å². The minimum Gasteiger partial charge on any atom is -0.389 e. The van der Waals surface area contributed by atoms with Crippen LogP contribution in [0.1, 0.15) is 22.8 Å². The van der Waals surface area contributed by atoms with Crippen LogP contribution in [0.5, 0.6) is 0 Å². The molecule has 0 fully saturated rings. The van der Waals surface area contributed by atoms with Gasteiger partial charge in [-0.25, -0.2) is 8.42 Å². The summed E-state index contributed by atoms with van der Waals surface area (Å²) >= 11 is 4.81. The van der Waals surface area contributed by atoms with Crippen LogP contribution in [0.3, 0.4) is 0 Å². The lowest BCUT2D eigenvalue weighted by Gasteiger charge is -2.06. The highest BCUT2D eigenvalue weighted by atomic mass is 32.2. The van der Waals surface area contributed by atoms with E-state index in [2.05, 4.69) is 5.32 Å². The van der Waals surface area contributed by atoms with Crippen molar-refractivity contribution < 1.29 is 13.2 Å². The van der Waals surface area contributed by atoms with Gasteiger partial charge in [-0.15, -0.1) is 0 Å². The molecule has 1 rings (SSSR count). The molecule has 0 spiro atoms. The Morgan fingerprint density at radius 2 is 1.79 bits per heavy atom. The molecule has 5 nitrogen and oxygen atoms in total. The molecular weight excluding hydrogens is 284 g/mol. The Balaban J connectivity index is 2.57. The molecule has 0 heterocycles. The van der Waals surface area contributed by atoms with Gasteiger partial charge in [-0.05, 0) is 12.1 Å². The van der Waals surface area contributed by atoms with E-state index >= 15 is 0 Å². The Bertz CT molecular complexity index is 565. The normalized spacial score (nSPS) is 11.0. The molecule has 19 heavy (non-hydrogen) atoms. The topological polar surface area (TPSA) is 89.3 Å². The highest BCUT2D eigenvalue weighted by Gasteiger charge is 2.09. The second-order valence-corrected chi connectivity index (χ2v) is 6.85. The first-order chi connectivity index (χ1) is 8.85. The van der Waals surface area contributed by atoms with Crippen LogP contribution in [-0.2, 0) is 9.84 Å². The van der Waals surface area contributed by atoms with Crippen LogP contribution in [0.2, 0.25) is 0 Å². The summed E-state index contributed by atoms with van der Waals surface area (Å²) in [6.45, 7) is 1.68. The van der Waals surface area contributed by atoms with Crippen LogP contribution in [-0.4, -0.2) is 37.4 Å². The second kappa shape index (κ2) is 6.63. The largest absolute Gasteiger partial charge is 0.389 e. The molecule has 0 saturated carbocycles. The minimum absolute atomic E-state index is 0.0553. The molecule has 104 valence electrons. The molecule has 0 saturated heterocycles. The highest BCUT2D eigenvalue weighted by molar-refractivity contribution is 7.91. The third-order valence-electron chi connectivity index (χ3n) is 2.57. The van der Waals surface area contributed by atoms with E-state index in [-0.39, 0.29) is 28.9 Å². The molecule has 1 aromatic rings. The summed E-state index contributed by atoms with van der Waals surface area (Å²) in [7, 11) is -3.06. The number of hydrogen-bond acceptors (Lipinski definition) is 4. The SMILES string of the molecule is CCS(=O)(=O)CCNC(=O)c1ccc(C(N)=S)cc1. The molecule has 0 aliphatic heterocycles. The van der Waals surface area contributed by atoms with Crippen molar-refractivity contribution in [3.63, 3.8) is 0 Å². The van der Waals surface area contributed by atoms with Crippen LogP contribution < -0.4 is 11.1 Å². The molecule has 0 aliphatic rings. The van der Waals surface area contributed by atoms with Crippen LogP contribution >= 0.6 is 12.2 Å². The Morgan fingerprint density at radius 3 is 2.26 bits per heavy atom. The van der Waals surface area contributed by atoms with Gasteiger partial charge in [0.1, 0.15) is 4.99 Å². The van der Waals surface area contributed by atoms with Crippen molar-refractivity contribution >= 4 is 33.0 Å². The van der Waals surface area contributed by atoms with E-state index < -0.39 is 9.84 Å². The quantitative estimate of drug-likeness (QED) is 0.746. The van der Waals surface area contributed by atoms with Crippen LogP contribution in [0.15, 0.2) is 24.3 Å². The minimum atomic E-state index is -3.06. The number of rotatable bonds is 6. The Morgan fingerprint density at radius 1 is 1.26 bits per heavy atom. The van der Waals surface area contributed by atoms with Gasteiger partial charge in [-0.3, -0.25) is 4.79 Å². The molecule has 0 aliphatic carbocycles. The first kappa shape index (κ1) is 15.6. The first-order valence-electron chi connectivity index (χ1n) is 5.74. The van der Waals surface area contributed by atoms with Crippen molar-refractivity contribution in [1.29, 1.82) is 0 Å². The smallest absolute Gasteiger partial charge is 0.251 e. The number of thiocarbonyl (C=S) groups is 1. The monoisotopic (exact) mass is 300 g/mol. The van der Waals surface area contributed by atoms with Crippen molar-refractivity contribution in [3.05, 3.63) is 35.4 Å². The molecule has 3 N–H and O–H groups in total. The third-order valence-corrected chi connectivity index (χ3v) is 4.51. The molecule has 1 amide bonds. The van der Waals surface area contributed by atoms with E-state index in [1.54, 1.807) is 31.2 Å². The van der Waals surface area contributed by atoms with E-state index in [4.69, 9.17) is 18.0 Å². The predicted molar refractivity (Wildman–Crippen MR) is 79.0 cm³/mol. The maximum Gasteiger partial charge on any atom is 0.251 e. The predicted octanol–water partition coefficient (Wildman–Crippen LogP) is 0.485. The van der Waals surface area contributed by atoms with Crippen molar-refractivity contribution in [3.8, 4) is 0 Å². The molecule has 7 heteroatoms. The molecular formula is C12H16N2O3S2. The number of amides is 1. The number of carbonyl (C=O) groups is 1. The molecule has 0 radical (unpaired) electrons. The van der Waals surface area contributed by atoms with Gasteiger partial charge in [0.15, 0.2) is 9.84 Å². The summed E-state index contributed by atoms with van der Waals surface area (Å²) in [5.41, 5.74) is 6.57. The van der Waals surface area contributed by atoms with Gasteiger partial charge in [-0.2, -0.15) is 0 Å². The fourth-order valence-corrected chi connectivity index (χ4v) is 2.19. The third kappa shape index (κ3) is 4.96. The van der Waals surface area contributed by atoms with Gasteiger partial charge in [0, 0.05) is 23.4 Å². The fraction of sp³-hybridized carbons (Fsp3) is 0.333. The van der Waals surface area contributed by atoms with Crippen molar-refractivity contribution in [2.75, 3.05) is 18.1 Å². The number of sulfone groups is 1. The first-order valence-corrected chi connectivity index (χ1v) is 7.97. The van der Waals surface area contributed by atoms with E-state index in [1.807, 2.05) is 0 Å². The summed E-state index contributed by atoms with van der Waals surface area (Å²) < 4.78 is 22.5. The maximum absolute atomic E-state index is 11.7. The van der Waals surface area contributed by atoms with Crippen LogP contribution in [0.25, 0.3) is 0 Å². The number of nitrogens with one attached hydrogen (secondary N) is 1. The Hall–Kier alpha value is -1.47. The Labute approximate surface area is 118 Å². The number of hydrogen-bond donors (Lipinski definition) is 2. The van der Waals surface area contributed by atoms with E-state index in [0.29, 0.717) is 11.1 Å². The zero-order valence-electron chi connectivity index (χ0n) is 10.5. The summed E-state index contributed by atoms with van der Waals surface area (Å²) in [6, 6.07) is 6.50. The standard InChI is InChI=1S/C12H16N2O3S2/c1-2-19(16,17)8-7-14-12(15)10-5-3-9(4-6-10)11(13)18/h3-6H,2,7-8H2,1H3,(H2,13,18)(H,14,15). The van der Waals surface area contributed by atoms with E-state index in [0.717, 1.165) is 0 Å².